The van der Waals surface area contributed by atoms with Gasteiger partial charge in [0.15, 0.2) is 0 Å². The van der Waals surface area contributed by atoms with E-state index in [1.165, 1.54) is 0 Å². The van der Waals surface area contributed by atoms with E-state index in [0.29, 0.717) is 5.69 Å². The molecule has 180 valence electrons. The lowest BCUT2D eigenvalue weighted by Crippen LogP contribution is -2.18. The van der Waals surface area contributed by atoms with Crippen molar-refractivity contribution in [1.29, 1.82) is 0 Å². The Labute approximate surface area is 211 Å². The van der Waals surface area contributed by atoms with E-state index in [-0.39, 0.29) is 33.5 Å². The molecule has 0 bridgehead atoms. The number of para-hydroxylation sites is 1. The van der Waals surface area contributed by atoms with Crippen LogP contribution in [-0.2, 0) is 4.74 Å². The number of thiophene rings is 1. The first-order chi connectivity index (χ1) is 17.4. The summed E-state index contributed by atoms with van der Waals surface area (Å²) in [6, 6.07) is 24.8. The van der Waals surface area contributed by atoms with Gasteiger partial charge in [-0.3, -0.25) is 10.1 Å². The zero-order valence-corrected chi connectivity index (χ0v) is 20.1. The van der Waals surface area contributed by atoms with E-state index in [2.05, 4.69) is 10.6 Å². The van der Waals surface area contributed by atoms with Gasteiger partial charge in [-0.05, 0) is 46.9 Å². The standard InChI is InChI=1S/C28H22N2O5S/c1-16-23(27(32)33)26(36-24(16)25(31)29-17-9-3-2-4-10-17)30-28(34)35-15-22-20-13-7-5-11-18(20)19-12-6-8-14-21(19)22/h2-14,22H,15H2,1H3,(H,29,31)(H,30,34)(H,32,33). The molecule has 5 rings (SSSR count). The number of benzene rings is 3. The van der Waals surface area contributed by atoms with E-state index < -0.39 is 18.0 Å². The quantitative estimate of drug-likeness (QED) is 0.287. The van der Waals surface area contributed by atoms with Gasteiger partial charge in [0.05, 0.1) is 10.4 Å². The summed E-state index contributed by atoms with van der Waals surface area (Å²) in [5.41, 5.74) is 5.09. The molecule has 3 aromatic carbocycles. The fourth-order valence-corrected chi connectivity index (χ4v) is 5.59. The molecule has 1 heterocycles. The van der Waals surface area contributed by atoms with Crippen LogP contribution >= 0.6 is 11.3 Å². The average molecular weight is 499 g/mol. The fraction of sp³-hybridized carbons (Fsp3) is 0.107. The molecule has 7 nitrogen and oxygen atoms in total. The number of hydrogen-bond donors (Lipinski definition) is 3. The highest BCUT2D eigenvalue weighted by Crippen LogP contribution is 2.44. The van der Waals surface area contributed by atoms with E-state index in [9.17, 15) is 19.5 Å². The SMILES string of the molecule is Cc1c(C(=O)Nc2ccccc2)sc(NC(=O)OCC2c3ccccc3-c3ccccc32)c1C(=O)O. The first kappa shape index (κ1) is 23.3. The Bertz CT molecular complexity index is 1430. The minimum atomic E-state index is -1.24. The Morgan fingerprint density at radius 1 is 0.861 bits per heavy atom. The molecule has 0 saturated carbocycles. The van der Waals surface area contributed by atoms with E-state index in [1.54, 1.807) is 31.2 Å². The largest absolute Gasteiger partial charge is 0.478 e. The highest BCUT2D eigenvalue weighted by molar-refractivity contribution is 7.18. The van der Waals surface area contributed by atoms with Gasteiger partial charge in [0.25, 0.3) is 5.91 Å². The molecule has 1 aliphatic carbocycles. The second-order valence-corrected chi connectivity index (χ2v) is 9.36. The van der Waals surface area contributed by atoms with Crippen LogP contribution in [0.15, 0.2) is 78.9 Å². The molecule has 1 aliphatic rings. The van der Waals surface area contributed by atoms with E-state index in [0.717, 1.165) is 33.6 Å². The van der Waals surface area contributed by atoms with E-state index >= 15 is 0 Å². The summed E-state index contributed by atoms with van der Waals surface area (Å²) < 4.78 is 5.55. The number of carbonyl (C=O) groups is 3. The van der Waals surface area contributed by atoms with Crippen LogP contribution in [0.2, 0.25) is 0 Å². The number of aromatic carboxylic acids is 1. The van der Waals surface area contributed by atoms with Gasteiger partial charge in [0.1, 0.15) is 11.6 Å². The molecule has 0 fully saturated rings. The van der Waals surface area contributed by atoms with Crippen LogP contribution in [0.5, 0.6) is 0 Å². The Hall–Kier alpha value is -4.43. The molecule has 0 aliphatic heterocycles. The maximum Gasteiger partial charge on any atom is 0.412 e. The molecule has 0 unspecified atom stereocenters. The number of carboxylic acid groups (broad SMARTS) is 1. The second kappa shape index (κ2) is 9.67. The number of anilines is 2. The van der Waals surface area contributed by atoms with Crippen molar-refractivity contribution in [3.8, 4) is 11.1 Å². The summed E-state index contributed by atoms with van der Waals surface area (Å²) in [7, 11) is 0. The lowest BCUT2D eigenvalue weighted by molar-refractivity contribution is 0.0697. The van der Waals surface area contributed by atoms with Crippen LogP contribution in [-0.4, -0.2) is 29.7 Å². The van der Waals surface area contributed by atoms with Gasteiger partial charge >= 0.3 is 12.1 Å². The Balaban J connectivity index is 1.33. The maximum absolute atomic E-state index is 12.8. The number of carbonyl (C=O) groups excluding carboxylic acids is 2. The number of nitrogens with one attached hydrogen (secondary N) is 2. The summed E-state index contributed by atoms with van der Waals surface area (Å²) in [6.07, 6.45) is -0.782. The number of fused-ring (bicyclic) bond motifs is 3. The molecule has 2 amide bonds. The molecule has 0 saturated heterocycles. The predicted octanol–water partition coefficient (Wildman–Crippen LogP) is 6.37. The molecule has 0 spiro atoms. The third-order valence-corrected chi connectivity index (χ3v) is 7.36. The molecule has 36 heavy (non-hydrogen) atoms. The van der Waals surface area contributed by atoms with Crippen molar-refractivity contribution < 1.29 is 24.2 Å². The van der Waals surface area contributed by atoms with Gasteiger partial charge in [-0.15, -0.1) is 11.3 Å². The minimum Gasteiger partial charge on any atom is -0.478 e. The summed E-state index contributed by atoms with van der Waals surface area (Å²) in [5.74, 6) is -1.82. The topological polar surface area (TPSA) is 105 Å². The van der Waals surface area contributed by atoms with Crippen molar-refractivity contribution in [3.63, 3.8) is 0 Å². The number of hydrogen-bond acceptors (Lipinski definition) is 5. The van der Waals surface area contributed by atoms with Gasteiger partial charge in [0.2, 0.25) is 0 Å². The van der Waals surface area contributed by atoms with Crippen molar-refractivity contribution >= 4 is 40.0 Å². The molecule has 0 radical (unpaired) electrons. The average Bonchev–Trinajstić information content (AvgIpc) is 3.38. The summed E-state index contributed by atoms with van der Waals surface area (Å²) in [6.45, 7) is 1.64. The molecule has 1 aromatic heterocycles. The second-order valence-electron chi connectivity index (χ2n) is 8.34. The number of ether oxygens (including phenoxy) is 1. The van der Waals surface area contributed by atoms with E-state index in [1.807, 2.05) is 54.6 Å². The van der Waals surface area contributed by atoms with Crippen molar-refractivity contribution in [1.82, 2.24) is 0 Å². The third kappa shape index (κ3) is 4.34. The highest BCUT2D eigenvalue weighted by atomic mass is 32.1. The fourth-order valence-electron chi connectivity index (χ4n) is 4.51. The van der Waals surface area contributed by atoms with Gasteiger partial charge in [-0.25, -0.2) is 9.59 Å². The molecule has 0 atom stereocenters. The van der Waals surface area contributed by atoms with Crippen LogP contribution < -0.4 is 10.6 Å². The Morgan fingerprint density at radius 2 is 1.44 bits per heavy atom. The zero-order valence-electron chi connectivity index (χ0n) is 19.3. The van der Waals surface area contributed by atoms with Crippen LogP contribution in [0.3, 0.4) is 0 Å². The Kier molecular flexibility index (Phi) is 6.26. The van der Waals surface area contributed by atoms with Crippen LogP contribution in [0.25, 0.3) is 11.1 Å². The van der Waals surface area contributed by atoms with Crippen molar-refractivity contribution in [2.45, 2.75) is 12.8 Å². The first-order valence-corrected chi connectivity index (χ1v) is 12.1. The van der Waals surface area contributed by atoms with E-state index in [4.69, 9.17) is 4.74 Å². The summed E-state index contributed by atoms with van der Waals surface area (Å²) in [4.78, 5) is 37.7. The highest BCUT2D eigenvalue weighted by Gasteiger charge is 2.30. The van der Waals surface area contributed by atoms with Crippen LogP contribution in [0.1, 0.15) is 42.6 Å². The van der Waals surface area contributed by atoms with Gasteiger partial charge < -0.3 is 15.2 Å². The molecule has 8 heteroatoms. The van der Waals surface area contributed by atoms with Gasteiger partial charge in [-0.2, -0.15) is 0 Å². The minimum absolute atomic E-state index is 0.0513. The predicted molar refractivity (Wildman–Crippen MR) is 139 cm³/mol. The summed E-state index contributed by atoms with van der Waals surface area (Å²) >= 11 is 0.901. The van der Waals surface area contributed by atoms with Crippen LogP contribution in [0, 0.1) is 6.92 Å². The maximum atomic E-state index is 12.8. The Morgan fingerprint density at radius 3 is 2.06 bits per heavy atom. The van der Waals surface area contributed by atoms with Gasteiger partial charge in [0, 0.05) is 11.6 Å². The lowest BCUT2D eigenvalue weighted by Gasteiger charge is -2.14. The monoisotopic (exact) mass is 498 g/mol. The van der Waals surface area contributed by atoms with Crippen molar-refractivity contribution in [2.75, 3.05) is 17.2 Å². The number of rotatable bonds is 6. The van der Waals surface area contributed by atoms with Crippen molar-refractivity contribution in [2.24, 2.45) is 0 Å². The van der Waals surface area contributed by atoms with Crippen molar-refractivity contribution in [3.05, 3.63) is 106 Å². The number of amides is 2. The molecule has 4 aromatic rings. The van der Waals surface area contributed by atoms with Gasteiger partial charge in [-0.1, -0.05) is 66.7 Å². The molecular formula is C28H22N2O5S. The molecular weight excluding hydrogens is 476 g/mol. The normalized spacial score (nSPS) is 11.9. The smallest absolute Gasteiger partial charge is 0.412 e. The number of carboxylic acids is 1. The zero-order chi connectivity index (χ0) is 25.2. The molecule has 3 N–H and O–H groups in total. The third-order valence-electron chi connectivity index (χ3n) is 6.16. The lowest BCUT2D eigenvalue weighted by atomic mass is 9.98. The summed E-state index contributed by atoms with van der Waals surface area (Å²) in [5, 5.41) is 15.1. The van der Waals surface area contributed by atoms with Crippen LogP contribution in [0.4, 0.5) is 15.5 Å². The first-order valence-electron chi connectivity index (χ1n) is 11.3.